The highest BCUT2D eigenvalue weighted by molar-refractivity contribution is 8.18. The van der Waals surface area contributed by atoms with Crippen LogP contribution in [0.15, 0.2) is 53.4 Å². The van der Waals surface area contributed by atoms with Gasteiger partial charge in [0.05, 0.1) is 4.91 Å². The number of amides is 3. The summed E-state index contributed by atoms with van der Waals surface area (Å²) in [6.45, 7) is 0.307. The predicted octanol–water partition coefficient (Wildman–Crippen LogP) is 3.18. The normalized spacial score (nSPS) is 15.7. The number of ether oxygens (including phenoxy) is 3. The van der Waals surface area contributed by atoms with Crippen molar-refractivity contribution in [3.05, 3.63) is 64.6 Å². The number of carbonyl (C=O) groups excluding carboxylic acids is 3. The molecule has 1 N–H and O–H groups in total. The van der Waals surface area contributed by atoms with Crippen LogP contribution in [0.3, 0.4) is 0 Å². The fraction of sp³-hybridized carbons (Fsp3) is 0.167. The molecule has 0 saturated carbocycles. The van der Waals surface area contributed by atoms with Crippen LogP contribution in [0.25, 0.3) is 12.2 Å². The van der Waals surface area contributed by atoms with Crippen LogP contribution in [0.1, 0.15) is 11.1 Å². The first-order chi connectivity index (χ1) is 16.5. The SMILES string of the molecule is N#CCOc1ccc(/C=C/C(=O)NCCN2C(=O)S/C(=C\c3ccc4c(c3)OCO4)C2=O)cc1. The average Bonchev–Trinajstić information content (AvgIpc) is 3.41. The first-order valence-electron chi connectivity index (χ1n) is 10.2. The van der Waals surface area contributed by atoms with Crippen LogP contribution >= 0.6 is 11.8 Å². The highest BCUT2D eigenvalue weighted by atomic mass is 32.2. The Labute approximate surface area is 199 Å². The van der Waals surface area contributed by atoms with Gasteiger partial charge in [-0.3, -0.25) is 19.3 Å². The Morgan fingerprint density at radius 2 is 1.91 bits per heavy atom. The summed E-state index contributed by atoms with van der Waals surface area (Å²) in [6, 6.07) is 14.1. The number of imide groups is 1. The minimum absolute atomic E-state index is 0.0339. The van der Waals surface area contributed by atoms with Gasteiger partial charge in [-0.1, -0.05) is 18.2 Å². The molecule has 2 aliphatic heterocycles. The summed E-state index contributed by atoms with van der Waals surface area (Å²) < 4.78 is 15.8. The summed E-state index contributed by atoms with van der Waals surface area (Å²) in [5.74, 6) is 1.03. The quantitative estimate of drug-likeness (QED) is 0.576. The van der Waals surface area contributed by atoms with Crippen molar-refractivity contribution < 1.29 is 28.6 Å². The van der Waals surface area contributed by atoms with Crippen LogP contribution in [-0.2, 0) is 9.59 Å². The first kappa shape index (κ1) is 22.9. The molecule has 0 atom stereocenters. The number of hydrogen-bond acceptors (Lipinski definition) is 8. The predicted molar refractivity (Wildman–Crippen MR) is 125 cm³/mol. The lowest BCUT2D eigenvalue weighted by atomic mass is 10.2. The summed E-state index contributed by atoms with van der Waals surface area (Å²) in [6.07, 6.45) is 4.61. The van der Waals surface area contributed by atoms with Gasteiger partial charge in [-0.15, -0.1) is 0 Å². The molecular formula is C24H19N3O6S. The molecule has 2 aromatic carbocycles. The fourth-order valence-electron chi connectivity index (χ4n) is 3.16. The van der Waals surface area contributed by atoms with Crippen molar-refractivity contribution >= 4 is 41.0 Å². The third kappa shape index (κ3) is 5.57. The molecule has 2 heterocycles. The molecule has 2 aliphatic rings. The molecule has 1 saturated heterocycles. The molecule has 1 fully saturated rings. The zero-order chi connectivity index (χ0) is 23.9. The van der Waals surface area contributed by atoms with Crippen LogP contribution in [0.4, 0.5) is 4.79 Å². The second-order valence-electron chi connectivity index (χ2n) is 7.09. The lowest BCUT2D eigenvalue weighted by molar-refractivity contribution is -0.123. The summed E-state index contributed by atoms with van der Waals surface area (Å²) in [7, 11) is 0. The maximum Gasteiger partial charge on any atom is 0.293 e. The third-order valence-corrected chi connectivity index (χ3v) is 5.72. The molecule has 34 heavy (non-hydrogen) atoms. The summed E-state index contributed by atoms with van der Waals surface area (Å²) >= 11 is 0.854. The second-order valence-corrected chi connectivity index (χ2v) is 8.08. The Hall–Kier alpha value is -4.23. The highest BCUT2D eigenvalue weighted by Crippen LogP contribution is 2.36. The number of nitrogens with one attached hydrogen (secondary N) is 1. The zero-order valence-corrected chi connectivity index (χ0v) is 18.7. The Bertz CT molecular complexity index is 1220. The highest BCUT2D eigenvalue weighted by Gasteiger charge is 2.34. The van der Waals surface area contributed by atoms with Crippen molar-refractivity contribution in [2.75, 3.05) is 26.5 Å². The van der Waals surface area contributed by atoms with Gasteiger partial charge in [0.15, 0.2) is 18.1 Å². The molecule has 3 amide bonds. The number of benzene rings is 2. The Morgan fingerprint density at radius 1 is 1.15 bits per heavy atom. The lowest BCUT2D eigenvalue weighted by Gasteiger charge is -2.12. The number of nitriles is 1. The maximum absolute atomic E-state index is 12.6. The molecule has 0 aromatic heterocycles. The molecule has 2 aromatic rings. The molecule has 0 aliphatic carbocycles. The summed E-state index contributed by atoms with van der Waals surface area (Å²) in [4.78, 5) is 38.4. The molecule has 9 nitrogen and oxygen atoms in total. The molecule has 10 heteroatoms. The van der Waals surface area contributed by atoms with E-state index < -0.39 is 5.91 Å². The minimum Gasteiger partial charge on any atom is -0.479 e. The van der Waals surface area contributed by atoms with E-state index in [1.54, 1.807) is 54.6 Å². The Balaban J connectivity index is 1.27. The molecule has 0 unspecified atom stereocenters. The van der Waals surface area contributed by atoms with Crippen molar-refractivity contribution in [2.24, 2.45) is 0 Å². The molecule has 0 bridgehead atoms. The van der Waals surface area contributed by atoms with Crippen LogP contribution < -0.4 is 19.5 Å². The molecule has 0 spiro atoms. The van der Waals surface area contributed by atoms with Gasteiger partial charge in [-0.25, -0.2) is 0 Å². The van der Waals surface area contributed by atoms with Gasteiger partial charge < -0.3 is 19.5 Å². The molecule has 4 rings (SSSR count). The van der Waals surface area contributed by atoms with Gasteiger partial charge in [0, 0.05) is 19.2 Å². The third-order valence-electron chi connectivity index (χ3n) is 4.81. The van der Waals surface area contributed by atoms with Gasteiger partial charge in [0.2, 0.25) is 12.7 Å². The Kier molecular flexibility index (Phi) is 7.15. The lowest BCUT2D eigenvalue weighted by Crippen LogP contribution is -2.36. The fourth-order valence-corrected chi connectivity index (χ4v) is 4.02. The van der Waals surface area contributed by atoms with E-state index in [-0.39, 0.29) is 37.6 Å². The maximum atomic E-state index is 12.6. The summed E-state index contributed by atoms with van der Waals surface area (Å²) in [5.41, 5.74) is 1.50. The number of carbonyl (C=O) groups is 3. The largest absolute Gasteiger partial charge is 0.479 e. The molecule has 0 radical (unpaired) electrons. The van der Waals surface area contributed by atoms with Crippen molar-refractivity contribution in [2.45, 2.75) is 0 Å². The van der Waals surface area contributed by atoms with E-state index in [4.69, 9.17) is 19.5 Å². The van der Waals surface area contributed by atoms with Gasteiger partial charge in [0.25, 0.3) is 11.1 Å². The van der Waals surface area contributed by atoms with E-state index in [1.807, 2.05) is 6.07 Å². The Morgan fingerprint density at radius 3 is 2.71 bits per heavy atom. The van der Waals surface area contributed by atoms with Crippen molar-refractivity contribution in [3.8, 4) is 23.3 Å². The van der Waals surface area contributed by atoms with Crippen LogP contribution in [0, 0.1) is 11.3 Å². The van der Waals surface area contributed by atoms with Crippen molar-refractivity contribution in [3.63, 3.8) is 0 Å². The van der Waals surface area contributed by atoms with E-state index >= 15 is 0 Å². The van der Waals surface area contributed by atoms with E-state index in [0.717, 1.165) is 27.8 Å². The van der Waals surface area contributed by atoms with E-state index in [1.165, 1.54) is 6.08 Å². The number of nitrogens with zero attached hydrogens (tertiary/aromatic N) is 2. The minimum atomic E-state index is -0.406. The van der Waals surface area contributed by atoms with Crippen LogP contribution in [0.5, 0.6) is 17.2 Å². The first-order valence-corrected chi connectivity index (χ1v) is 11.1. The van der Waals surface area contributed by atoms with E-state index in [2.05, 4.69) is 5.32 Å². The van der Waals surface area contributed by atoms with E-state index in [9.17, 15) is 14.4 Å². The smallest absolute Gasteiger partial charge is 0.293 e. The standard InChI is InChI=1S/C24H19N3O6S/c25-9-12-31-18-5-1-16(2-6-18)4-8-22(28)26-10-11-27-23(29)21(34-24(27)30)14-17-3-7-19-20(13-17)33-15-32-19/h1-8,13-14H,10-12,15H2,(H,26,28)/b8-4+,21-14-. The van der Waals surface area contributed by atoms with Crippen LogP contribution in [0.2, 0.25) is 0 Å². The van der Waals surface area contributed by atoms with Crippen LogP contribution in [-0.4, -0.2) is 48.4 Å². The van der Waals surface area contributed by atoms with Crippen molar-refractivity contribution in [1.82, 2.24) is 10.2 Å². The topological polar surface area (TPSA) is 118 Å². The monoisotopic (exact) mass is 477 g/mol. The number of thioether (sulfide) groups is 1. The summed E-state index contributed by atoms with van der Waals surface area (Å²) in [5, 5.41) is 10.8. The second kappa shape index (κ2) is 10.6. The number of rotatable bonds is 8. The van der Waals surface area contributed by atoms with Crippen molar-refractivity contribution in [1.29, 1.82) is 5.26 Å². The van der Waals surface area contributed by atoms with E-state index in [0.29, 0.717) is 22.2 Å². The van der Waals surface area contributed by atoms with Gasteiger partial charge in [-0.2, -0.15) is 5.26 Å². The number of hydrogen-bond donors (Lipinski definition) is 1. The molecule has 172 valence electrons. The van der Waals surface area contributed by atoms with Gasteiger partial charge in [-0.05, 0) is 59.3 Å². The van der Waals surface area contributed by atoms with Gasteiger partial charge >= 0.3 is 0 Å². The zero-order valence-electron chi connectivity index (χ0n) is 17.9. The average molecular weight is 477 g/mol. The molecular weight excluding hydrogens is 458 g/mol. The van der Waals surface area contributed by atoms with Gasteiger partial charge in [0.1, 0.15) is 11.8 Å². The number of fused-ring (bicyclic) bond motifs is 1.